The maximum absolute atomic E-state index is 13.1. The highest BCUT2D eigenvalue weighted by atomic mass is 32.2. The molecule has 0 atom stereocenters. The summed E-state index contributed by atoms with van der Waals surface area (Å²) in [7, 11) is 0. The van der Waals surface area contributed by atoms with Gasteiger partial charge in [-0.3, -0.25) is 19.3 Å². The molecule has 5 rings (SSSR count). The van der Waals surface area contributed by atoms with Gasteiger partial charge >= 0.3 is 0 Å². The Bertz CT molecular complexity index is 1390. The summed E-state index contributed by atoms with van der Waals surface area (Å²) >= 11 is 0.879. The molecule has 0 N–H and O–H groups in total. The lowest BCUT2D eigenvalue weighted by Crippen LogP contribution is -2.44. The fourth-order valence-electron chi connectivity index (χ4n) is 4.65. The SMILES string of the molecule is Cc1ccnc(-n2c(C)cc(C=C3SC(=O)N(CC(=O)N4CCc5ccccc5C4)C3=O)c2C)c1. The number of thioether (sulfide) groups is 1. The molecule has 0 spiro atoms. The third-order valence-corrected chi connectivity index (χ3v) is 7.44. The van der Waals surface area contributed by atoms with Crippen molar-refractivity contribution in [3.8, 4) is 5.82 Å². The molecule has 2 aliphatic heterocycles. The van der Waals surface area contributed by atoms with Crippen LogP contribution in [0.25, 0.3) is 11.9 Å². The molecule has 0 saturated carbocycles. The van der Waals surface area contributed by atoms with Gasteiger partial charge in [0.05, 0.1) is 4.91 Å². The molecular weight excluding hydrogens is 460 g/mol. The van der Waals surface area contributed by atoms with Crippen molar-refractivity contribution in [1.29, 1.82) is 0 Å². The van der Waals surface area contributed by atoms with Crippen molar-refractivity contribution in [2.24, 2.45) is 0 Å². The average Bonchev–Trinajstić information content (AvgIpc) is 3.27. The summed E-state index contributed by atoms with van der Waals surface area (Å²) in [6.45, 7) is 6.80. The van der Waals surface area contributed by atoms with Crippen molar-refractivity contribution in [3.05, 3.63) is 87.2 Å². The lowest BCUT2D eigenvalue weighted by atomic mass is 10.00. The first-order chi connectivity index (χ1) is 16.8. The maximum Gasteiger partial charge on any atom is 0.294 e. The first-order valence-corrected chi connectivity index (χ1v) is 12.4. The minimum absolute atomic E-state index is 0.216. The number of hydrogen-bond donors (Lipinski definition) is 0. The van der Waals surface area contributed by atoms with Crippen molar-refractivity contribution < 1.29 is 14.4 Å². The molecule has 0 radical (unpaired) electrons. The molecule has 2 aliphatic rings. The van der Waals surface area contributed by atoms with Crippen molar-refractivity contribution in [1.82, 2.24) is 19.4 Å². The zero-order chi connectivity index (χ0) is 24.7. The fourth-order valence-corrected chi connectivity index (χ4v) is 5.48. The number of amides is 3. The lowest BCUT2D eigenvalue weighted by Gasteiger charge is -2.29. The highest BCUT2D eigenvalue weighted by molar-refractivity contribution is 8.18. The molecule has 2 aromatic heterocycles. The summed E-state index contributed by atoms with van der Waals surface area (Å²) in [6, 6.07) is 14.0. The fraction of sp³-hybridized carbons (Fsp3) is 0.259. The number of benzene rings is 1. The number of aromatic nitrogens is 2. The molecule has 1 fully saturated rings. The molecule has 0 aliphatic carbocycles. The van der Waals surface area contributed by atoms with Gasteiger partial charge in [0.25, 0.3) is 11.1 Å². The second-order valence-corrected chi connectivity index (χ2v) is 9.95. The van der Waals surface area contributed by atoms with E-state index < -0.39 is 11.1 Å². The van der Waals surface area contributed by atoms with Crippen LogP contribution in [0.5, 0.6) is 0 Å². The summed E-state index contributed by atoms with van der Waals surface area (Å²) in [5.41, 5.74) is 6.20. The average molecular weight is 487 g/mol. The number of aryl methyl sites for hydroxylation is 2. The maximum atomic E-state index is 13.1. The highest BCUT2D eigenvalue weighted by Gasteiger charge is 2.37. The predicted molar refractivity (Wildman–Crippen MR) is 136 cm³/mol. The van der Waals surface area contributed by atoms with Crippen molar-refractivity contribution in [2.75, 3.05) is 13.1 Å². The van der Waals surface area contributed by atoms with Gasteiger partial charge < -0.3 is 9.47 Å². The van der Waals surface area contributed by atoms with E-state index in [2.05, 4.69) is 11.1 Å². The van der Waals surface area contributed by atoms with Gasteiger partial charge in [0.2, 0.25) is 5.91 Å². The second-order valence-electron chi connectivity index (χ2n) is 8.96. The highest BCUT2D eigenvalue weighted by Crippen LogP contribution is 2.34. The normalized spacial score (nSPS) is 16.8. The Morgan fingerprint density at radius 3 is 2.63 bits per heavy atom. The molecule has 3 aromatic rings. The van der Waals surface area contributed by atoms with E-state index in [1.807, 2.05) is 61.7 Å². The van der Waals surface area contributed by atoms with E-state index in [0.717, 1.165) is 57.0 Å². The van der Waals surface area contributed by atoms with Gasteiger partial charge in [0.1, 0.15) is 12.4 Å². The van der Waals surface area contributed by atoms with Crippen LogP contribution in [0.1, 0.15) is 33.6 Å². The Hall–Kier alpha value is -3.65. The molecule has 1 aromatic carbocycles. The smallest absolute Gasteiger partial charge is 0.294 e. The third-order valence-electron chi connectivity index (χ3n) is 6.54. The molecule has 8 heteroatoms. The Labute approximate surface area is 208 Å². The van der Waals surface area contributed by atoms with E-state index in [-0.39, 0.29) is 12.5 Å². The van der Waals surface area contributed by atoms with Gasteiger partial charge in [-0.1, -0.05) is 24.3 Å². The molecule has 0 bridgehead atoms. The number of rotatable bonds is 4. The number of nitrogens with zero attached hydrogens (tertiary/aromatic N) is 4. The van der Waals surface area contributed by atoms with Crippen LogP contribution in [0, 0.1) is 20.8 Å². The molecular formula is C27H26N4O3S. The lowest BCUT2D eigenvalue weighted by molar-refractivity contribution is -0.136. The van der Waals surface area contributed by atoms with Gasteiger partial charge in [-0.15, -0.1) is 0 Å². The number of imide groups is 1. The van der Waals surface area contributed by atoms with Crippen LogP contribution in [0.2, 0.25) is 0 Å². The van der Waals surface area contributed by atoms with Crippen molar-refractivity contribution >= 4 is 34.9 Å². The summed E-state index contributed by atoms with van der Waals surface area (Å²) in [6.07, 6.45) is 4.28. The first kappa shape index (κ1) is 23.1. The van der Waals surface area contributed by atoms with Crippen LogP contribution in [-0.2, 0) is 22.6 Å². The Balaban J connectivity index is 1.33. The van der Waals surface area contributed by atoms with E-state index >= 15 is 0 Å². The van der Waals surface area contributed by atoms with Crippen LogP contribution >= 0.6 is 11.8 Å². The van der Waals surface area contributed by atoms with Gasteiger partial charge in [0, 0.05) is 30.7 Å². The first-order valence-electron chi connectivity index (χ1n) is 11.5. The molecule has 35 heavy (non-hydrogen) atoms. The second kappa shape index (κ2) is 9.19. The standard InChI is InChI=1S/C27H26N4O3S/c1-17-8-10-28-24(12-17)31-18(2)13-22(19(31)3)14-23-26(33)30(27(34)35-23)16-25(32)29-11-9-20-6-4-5-7-21(20)15-29/h4-8,10,12-14H,9,11,15-16H2,1-3H3. The van der Waals surface area contributed by atoms with Gasteiger partial charge in [-0.25, -0.2) is 4.98 Å². The monoisotopic (exact) mass is 486 g/mol. The quantitative estimate of drug-likeness (QED) is 0.511. The number of pyridine rings is 1. The van der Waals surface area contributed by atoms with E-state index in [1.165, 1.54) is 5.56 Å². The number of fused-ring (bicyclic) bond motifs is 1. The van der Waals surface area contributed by atoms with E-state index in [4.69, 9.17) is 0 Å². The topological polar surface area (TPSA) is 75.5 Å². The van der Waals surface area contributed by atoms with E-state index in [0.29, 0.717) is 18.0 Å². The zero-order valence-electron chi connectivity index (χ0n) is 19.9. The number of carbonyl (C=O) groups excluding carboxylic acids is 3. The molecule has 1 saturated heterocycles. The summed E-state index contributed by atoms with van der Waals surface area (Å²) in [4.78, 5) is 46.3. The Morgan fingerprint density at radius 2 is 1.86 bits per heavy atom. The molecule has 178 valence electrons. The molecule has 7 nitrogen and oxygen atoms in total. The van der Waals surface area contributed by atoms with Crippen LogP contribution < -0.4 is 0 Å². The number of hydrogen-bond acceptors (Lipinski definition) is 5. The zero-order valence-corrected chi connectivity index (χ0v) is 20.8. The minimum atomic E-state index is -0.427. The predicted octanol–water partition coefficient (Wildman–Crippen LogP) is 4.42. The number of carbonyl (C=O) groups is 3. The van der Waals surface area contributed by atoms with Gasteiger partial charge in [0.15, 0.2) is 0 Å². The van der Waals surface area contributed by atoms with Crippen LogP contribution in [0.3, 0.4) is 0 Å². The van der Waals surface area contributed by atoms with Crippen LogP contribution in [0.4, 0.5) is 4.79 Å². The third kappa shape index (κ3) is 4.41. The summed E-state index contributed by atoms with van der Waals surface area (Å²) < 4.78 is 2.03. The molecule has 4 heterocycles. The van der Waals surface area contributed by atoms with Gasteiger partial charge in [-0.05, 0) is 85.5 Å². The van der Waals surface area contributed by atoms with E-state index in [1.54, 1.807) is 17.2 Å². The van der Waals surface area contributed by atoms with Crippen LogP contribution in [-0.4, -0.2) is 49.5 Å². The molecule has 3 amide bonds. The van der Waals surface area contributed by atoms with Crippen LogP contribution in [0.15, 0.2) is 53.6 Å². The Morgan fingerprint density at radius 1 is 1.09 bits per heavy atom. The minimum Gasteiger partial charge on any atom is -0.336 e. The van der Waals surface area contributed by atoms with Gasteiger partial charge in [-0.2, -0.15) is 0 Å². The van der Waals surface area contributed by atoms with E-state index in [9.17, 15) is 14.4 Å². The summed E-state index contributed by atoms with van der Waals surface area (Å²) in [5.74, 6) is 0.164. The van der Waals surface area contributed by atoms with Crippen molar-refractivity contribution in [2.45, 2.75) is 33.7 Å². The molecule has 0 unspecified atom stereocenters. The van der Waals surface area contributed by atoms with Crippen molar-refractivity contribution in [3.63, 3.8) is 0 Å². The Kier molecular flexibility index (Phi) is 6.06. The largest absolute Gasteiger partial charge is 0.336 e. The summed E-state index contributed by atoms with van der Waals surface area (Å²) in [5, 5.41) is -0.416.